The lowest BCUT2D eigenvalue weighted by Crippen LogP contribution is -2.32. The summed E-state index contributed by atoms with van der Waals surface area (Å²) in [6.07, 6.45) is -3.40. The predicted octanol–water partition coefficient (Wildman–Crippen LogP) is 7.90. The Hall–Kier alpha value is -3.84. The van der Waals surface area contributed by atoms with Crippen LogP contribution in [0.5, 0.6) is 17.2 Å². The highest BCUT2D eigenvalue weighted by molar-refractivity contribution is 9.10. The Labute approximate surface area is 239 Å². The van der Waals surface area contributed by atoms with Crippen molar-refractivity contribution in [2.24, 2.45) is 0 Å². The van der Waals surface area contributed by atoms with Crippen LogP contribution in [-0.4, -0.2) is 34.1 Å². The number of nitro groups is 1. The van der Waals surface area contributed by atoms with Gasteiger partial charge < -0.3 is 9.47 Å². The van der Waals surface area contributed by atoms with E-state index in [1.807, 2.05) is 32.0 Å². The van der Waals surface area contributed by atoms with Crippen molar-refractivity contribution in [2.75, 3.05) is 13.2 Å². The zero-order valence-corrected chi connectivity index (χ0v) is 23.4. The number of alkyl halides is 3. The molecule has 1 saturated heterocycles. The smallest absolute Gasteiger partial charge is 0.416 e. The van der Waals surface area contributed by atoms with Gasteiger partial charge in [0, 0.05) is 16.1 Å². The van der Waals surface area contributed by atoms with E-state index in [-0.39, 0.29) is 29.4 Å². The Bertz CT molecular complexity index is 1540. The van der Waals surface area contributed by atoms with Crippen LogP contribution in [0.2, 0.25) is 0 Å². The van der Waals surface area contributed by atoms with Crippen LogP contribution < -0.4 is 9.47 Å². The summed E-state index contributed by atoms with van der Waals surface area (Å²) in [7, 11) is 0. The molecule has 208 valence electrons. The molecule has 0 radical (unpaired) electrons. The fraction of sp³-hybridized carbons (Fsp3) is 0.185. The van der Waals surface area contributed by atoms with Gasteiger partial charge in [-0.15, -0.1) is 0 Å². The number of amides is 2. The summed E-state index contributed by atoms with van der Waals surface area (Å²) in [5.41, 5.74) is 0.102. The molecule has 1 aliphatic heterocycles. The van der Waals surface area contributed by atoms with Gasteiger partial charge >= 0.3 is 11.9 Å². The number of halogens is 4. The minimum Gasteiger partial charge on any atom is -0.491 e. The third-order valence-electron chi connectivity index (χ3n) is 5.75. The fourth-order valence-electron chi connectivity index (χ4n) is 3.71. The second-order valence-electron chi connectivity index (χ2n) is 8.67. The highest BCUT2D eigenvalue weighted by Crippen LogP contribution is 2.40. The van der Waals surface area contributed by atoms with Crippen molar-refractivity contribution in [3.05, 3.63) is 96.3 Å². The monoisotopic (exact) mass is 636 g/mol. The molecule has 4 rings (SSSR count). The minimum absolute atomic E-state index is 0.00891. The fourth-order valence-corrected chi connectivity index (χ4v) is 4.94. The molecule has 1 aliphatic rings. The number of benzene rings is 3. The minimum atomic E-state index is -4.78. The molecule has 0 unspecified atom stereocenters. The van der Waals surface area contributed by atoms with Gasteiger partial charge in [0.25, 0.3) is 11.1 Å². The van der Waals surface area contributed by atoms with E-state index in [9.17, 15) is 32.9 Å². The third kappa shape index (κ3) is 6.65. The summed E-state index contributed by atoms with van der Waals surface area (Å²) in [6, 6.07) is 12.2. The maximum absolute atomic E-state index is 13.1. The first-order valence-electron chi connectivity index (χ1n) is 11.6. The molecule has 0 N–H and O–H groups in total. The van der Waals surface area contributed by atoms with Crippen molar-refractivity contribution >= 4 is 50.6 Å². The molecule has 8 nitrogen and oxygen atoms in total. The van der Waals surface area contributed by atoms with Crippen LogP contribution >= 0.6 is 27.7 Å². The standard InChI is InChI=1S/C27H20BrF3N2O6S/c1-15-3-4-16(2)23(11-15)38-10-9-32-25(34)24(40-26(32)35)13-17-12-19(28)6-8-21(17)39-22-7-5-18(27(29,30)31)14-20(22)33(36)37/h3-8,11-14H,9-10H2,1-2H3/b24-13-. The average molecular weight is 637 g/mol. The number of hydrogen-bond donors (Lipinski definition) is 0. The van der Waals surface area contributed by atoms with E-state index in [2.05, 4.69) is 15.9 Å². The van der Waals surface area contributed by atoms with E-state index in [4.69, 9.17) is 9.47 Å². The maximum atomic E-state index is 13.1. The van der Waals surface area contributed by atoms with E-state index in [1.165, 1.54) is 12.1 Å². The number of hydrogen-bond acceptors (Lipinski definition) is 7. The molecule has 40 heavy (non-hydrogen) atoms. The molecular weight excluding hydrogens is 617 g/mol. The van der Waals surface area contributed by atoms with E-state index < -0.39 is 39.2 Å². The number of rotatable bonds is 8. The molecule has 0 bridgehead atoms. The summed E-state index contributed by atoms with van der Waals surface area (Å²) < 4.78 is 51.2. The summed E-state index contributed by atoms with van der Waals surface area (Å²) in [5.74, 6) is -0.315. The molecule has 2 amide bonds. The first-order chi connectivity index (χ1) is 18.8. The van der Waals surface area contributed by atoms with Crippen LogP contribution in [0, 0.1) is 24.0 Å². The number of nitro benzene ring substituents is 1. The van der Waals surface area contributed by atoms with Crippen molar-refractivity contribution in [1.82, 2.24) is 4.90 Å². The molecule has 0 aliphatic carbocycles. The number of carbonyl (C=O) groups excluding carboxylic acids is 2. The summed E-state index contributed by atoms with van der Waals surface area (Å²) in [4.78, 5) is 37.2. The number of ether oxygens (including phenoxy) is 2. The van der Waals surface area contributed by atoms with Gasteiger partial charge in [-0.3, -0.25) is 24.6 Å². The highest BCUT2D eigenvalue weighted by Gasteiger charge is 2.36. The average Bonchev–Trinajstić information content (AvgIpc) is 3.14. The van der Waals surface area contributed by atoms with Gasteiger partial charge in [-0.05, 0) is 79.2 Å². The zero-order valence-electron chi connectivity index (χ0n) is 21.0. The molecule has 0 aromatic heterocycles. The van der Waals surface area contributed by atoms with Crippen molar-refractivity contribution in [3.63, 3.8) is 0 Å². The Kier molecular flexibility index (Phi) is 8.54. The Morgan fingerprint density at radius 1 is 1.02 bits per heavy atom. The van der Waals surface area contributed by atoms with Crippen molar-refractivity contribution in [2.45, 2.75) is 20.0 Å². The molecular formula is C27H20BrF3N2O6S. The molecule has 3 aromatic carbocycles. The van der Waals surface area contributed by atoms with Crippen LogP contribution in [0.25, 0.3) is 6.08 Å². The zero-order chi connectivity index (χ0) is 29.2. The SMILES string of the molecule is Cc1ccc(C)c(OCCN2C(=O)S/C(=C\c3cc(Br)ccc3Oc3ccc(C(F)(F)F)cc3[N+](=O)[O-])C2=O)c1. The van der Waals surface area contributed by atoms with Gasteiger partial charge in [-0.1, -0.05) is 28.1 Å². The lowest BCUT2D eigenvalue weighted by Gasteiger charge is -2.15. The van der Waals surface area contributed by atoms with E-state index in [0.717, 1.165) is 22.1 Å². The summed E-state index contributed by atoms with van der Waals surface area (Å²) >= 11 is 4.00. The van der Waals surface area contributed by atoms with Crippen molar-refractivity contribution < 1.29 is 37.2 Å². The predicted molar refractivity (Wildman–Crippen MR) is 146 cm³/mol. The molecule has 0 atom stereocenters. The van der Waals surface area contributed by atoms with E-state index in [1.54, 1.807) is 12.1 Å². The summed E-state index contributed by atoms with van der Waals surface area (Å²) in [6.45, 7) is 3.89. The van der Waals surface area contributed by atoms with Crippen LogP contribution in [0.15, 0.2) is 64.0 Å². The van der Waals surface area contributed by atoms with Crippen LogP contribution in [0.3, 0.4) is 0 Å². The first-order valence-corrected chi connectivity index (χ1v) is 13.2. The van der Waals surface area contributed by atoms with Crippen LogP contribution in [-0.2, 0) is 11.0 Å². The third-order valence-corrected chi connectivity index (χ3v) is 7.15. The Morgan fingerprint density at radius 3 is 2.45 bits per heavy atom. The highest BCUT2D eigenvalue weighted by atomic mass is 79.9. The topological polar surface area (TPSA) is 99.0 Å². The number of thioether (sulfide) groups is 1. The molecule has 1 heterocycles. The number of aryl methyl sites for hydroxylation is 2. The quantitative estimate of drug-likeness (QED) is 0.141. The van der Waals surface area contributed by atoms with E-state index in [0.29, 0.717) is 34.1 Å². The van der Waals surface area contributed by atoms with E-state index >= 15 is 0 Å². The molecule has 3 aromatic rings. The molecule has 13 heteroatoms. The lowest BCUT2D eigenvalue weighted by atomic mass is 10.1. The Balaban J connectivity index is 1.56. The van der Waals surface area contributed by atoms with Gasteiger partial charge in [0.1, 0.15) is 18.1 Å². The van der Waals surface area contributed by atoms with Gasteiger partial charge in [0.2, 0.25) is 5.75 Å². The maximum Gasteiger partial charge on any atom is 0.416 e. The van der Waals surface area contributed by atoms with Crippen LogP contribution in [0.4, 0.5) is 23.7 Å². The molecule has 1 fully saturated rings. The van der Waals surface area contributed by atoms with Gasteiger partial charge in [0.05, 0.1) is 21.9 Å². The van der Waals surface area contributed by atoms with Gasteiger partial charge in [-0.25, -0.2) is 0 Å². The van der Waals surface area contributed by atoms with Crippen LogP contribution in [0.1, 0.15) is 22.3 Å². The first kappa shape index (κ1) is 29.2. The van der Waals surface area contributed by atoms with Crippen molar-refractivity contribution in [3.8, 4) is 17.2 Å². The second kappa shape index (κ2) is 11.7. The number of carbonyl (C=O) groups is 2. The van der Waals surface area contributed by atoms with Crippen molar-refractivity contribution in [1.29, 1.82) is 0 Å². The molecule has 0 saturated carbocycles. The van der Waals surface area contributed by atoms with Gasteiger partial charge in [0.15, 0.2) is 0 Å². The number of imide groups is 1. The lowest BCUT2D eigenvalue weighted by molar-refractivity contribution is -0.385. The number of nitrogens with zero attached hydrogens (tertiary/aromatic N) is 2. The van der Waals surface area contributed by atoms with Gasteiger partial charge in [-0.2, -0.15) is 13.2 Å². The summed E-state index contributed by atoms with van der Waals surface area (Å²) in [5, 5.41) is 11.0. The normalized spacial score (nSPS) is 14.7. The molecule has 0 spiro atoms. The Morgan fingerprint density at radius 2 is 1.75 bits per heavy atom. The second-order valence-corrected chi connectivity index (χ2v) is 10.6. The largest absolute Gasteiger partial charge is 0.491 e.